The van der Waals surface area contributed by atoms with Crippen LogP contribution in [-0.2, 0) is 6.42 Å². The van der Waals surface area contributed by atoms with E-state index in [9.17, 15) is 0 Å². The molecule has 1 fully saturated rings. The van der Waals surface area contributed by atoms with Crippen molar-refractivity contribution in [3.63, 3.8) is 0 Å². The van der Waals surface area contributed by atoms with E-state index in [1.165, 1.54) is 19.3 Å². The van der Waals surface area contributed by atoms with Crippen molar-refractivity contribution in [1.82, 2.24) is 5.06 Å². The highest BCUT2D eigenvalue weighted by Crippen LogP contribution is 2.25. The number of hydrogen-bond acceptors (Lipinski definition) is 2. The molecule has 2 rings (SSSR count). The van der Waals surface area contributed by atoms with Crippen molar-refractivity contribution in [2.45, 2.75) is 32.1 Å². The number of terminal acetylenes is 1. The van der Waals surface area contributed by atoms with Crippen molar-refractivity contribution in [2.75, 3.05) is 13.1 Å². The van der Waals surface area contributed by atoms with Crippen LogP contribution in [0.15, 0.2) is 18.2 Å². The lowest BCUT2D eigenvalue weighted by molar-refractivity contribution is -0.0727. The quantitative estimate of drug-likeness (QED) is 0.769. The number of hydrogen-bond donors (Lipinski definition) is 0. The Hall–Kier alpha value is -1.17. The fourth-order valence-corrected chi connectivity index (χ4v) is 2.33. The summed E-state index contributed by atoms with van der Waals surface area (Å²) in [6, 6.07) is 5.74. The minimum absolute atomic E-state index is 0.705. The first-order valence-corrected chi connectivity index (χ1v) is 6.82. The SMILES string of the molecule is C#CCCc1cc(Cl)ccc1ON1CCCCC1. The van der Waals surface area contributed by atoms with Gasteiger partial charge in [0.05, 0.1) is 0 Å². The van der Waals surface area contributed by atoms with Crippen molar-refractivity contribution in [2.24, 2.45) is 0 Å². The maximum atomic E-state index is 6.02. The van der Waals surface area contributed by atoms with Crippen LogP contribution in [0.2, 0.25) is 5.02 Å². The van der Waals surface area contributed by atoms with Crippen LogP contribution in [0.5, 0.6) is 5.75 Å². The van der Waals surface area contributed by atoms with E-state index < -0.39 is 0 Å². The highest BCUT2D eigenvalue weighted by molar-refractivity contribution is 6.30. The number of nitrogens with zero attached hydrogens (tertiary/aromatic N) is 1. The van der Waals surface area contributed by atoms with E-state index >= 15 is 0 Å². The van der Waals surface area contributed by atoms with Gasteiger partial charge in [0.25, 0.3) is 0 Å². The first-order valence-electron chi connectivity index (χ1n) is 6.44. The van der Waals surface area contributed by atoms with Gasteiger partial charge in [0, 0.05) is 24.5 Å². The van der Waals surface area contributed by atoms with Gasteiger partial charge in [0.1, 0.15) is 0 Å². The summed E-state index contributed by atoms with van der Waals surface area (Å²) in [6.45, 7) is 1.99. The average Bonchev–Trinajstić information content (AvgIpc) is 2.40. The minimum atomic E-state index is 0.705. The smallest absolute Gasteiger partial charge is 0.150 e. The maximum Gasteiger partial charge on any atom is 0.150 e. The summed E-state index contributed by atoms with van der Waals surface area (Å²) in [5.74, 6) is 3.54. The Labute approximate surface area is 114 Å². The molecule has 96 valence electrons. The molecule has 1 aromatic carbocycles. The molecule has 0 amide bonds. The number of halogens is 1. The molecule has 0 unspecified atom stereocenters. The summed E-state index contributed by atoms with van der Waals surface area (Å²) >= 11 is 6.02. The molecule has 0 N–H and O–H groups in total. The van der Waals surface area contributed by atoms with Crippen molar-refractivity contribution < 1.29 is 4.84 Å². The Balaban J connectivity index is 2.07. The molecule has 0 bridgehead atoms. The van der Waals surface area contributed by atoms with Gasteiger partial charge < -0.3 is 4.84 Å². The predicted octanol–water partition coefficient (Wildman–Crippen LogP) is 3.69. The molecule has 0 saturated carbocycles. The van der Waals surface area contributed by atoms with Crippen LogP contribution in [0, 0.1) is 12.3 Å². The van der Waals surface area contributed by atoms with Crippen molar-refractivity contribution in [1.29, 1.82) is 0 Å². The van der Waals surface area contributed by atoms with Gasteiger partial charge in [0.2, 0.25) is 0 Å². The number of benzene rings is 1. The van der Waals surface area contributed by atoms with E-state index in [0.717, 1.165) is 35.8 Å². The summed E-state index contributed by atoms with van der Waals surface area (Å²) in [7, 11) is 0. The van der Waals surface area contributed by atoms with Crippen LogP contribution in [-0.4, -0.2) is 18.2 Å². The molecule has 18 heavy (non-hydrogen) atoms. The van der Waals surface area contributed by atoms with Gasteiger partial charge >= 0.3 is 0 Å². The van der Waals surface area contributed by atoms with Gasteiger partial charge in [-0.05, 0) is 43.0 Å². The zero-order valence-corrected chi connectivity index (χ0v) is 11.2. The normalized spacial score (nSPS) is 16.2. The number of hydroxylamine groups is 2. The fraction of sp³-hybridized carbons (Fsp3) is 0.467. The molecule has 1 saturated heterocycles. The second kappa shape index (κ2) is 6.68. The van der Waals surface area contributed by atoms with Gasteiger partial charge in [-0.2, -0.15) is 0 Å². The van der Waals surface area contributed by atoms with E-state index in [1.807, 2.05) is 23.3 Å². The van der Waals surface area contributed by atoms with Crippen LogP contribution in [0.1, 0.15) is 31.2 Å². The lowest BCUT2D eigenvalue weighted by Gasteiger charge is -2.27. The Kier molecular flexibility index (Phi) is 4.92. The van der Waals surface area contributed by atoms with Crippen LogP contribution in [0.3, 0.4) is 0 Å². The average molecular weight is 264 g/mol. The maximum absolute atomic E-state index is 6.02. The van der Waals surface area contributed by atoms with E-state index in [2.05, 4.69) is 5.92 Å². The van der Waals surface area contributed by atoms with Gasteiger partial charge in [-0.25, -0.2) is 0 Å². The molecule has 0 aliphatic carbocycles. The third-order valence-electron chi connectivity index (χ3n) is 3.10. The van der Waals surface area contributed by atoms with E-state index in [4.69, 9.17) is 22.9 Å². The molecule has 3 heteroatoms. The lowest BCUT2D eigenvalue weighted by Crippen LogP contribution is -2.33. The summed E-state index contributed by atoms with van der Waals surface area (Å²) in [4.78, 5) is 5.94. The van der Waals surface area contributed by atoms with E-state index in [-0.39, 0.29) is 0 Å². The predicted molar refractivity (Wildman–Crippen MR) is 74.7 cm³/mol. The van der Waals surface area contributed by atoms with Crippen LogP contribution < -0.4 is 4.84 Å². The monoisotopic (exact) mass is 263 g/mol. The molecule has 1 aliphatic rings. The first kappa shape index (κ1) is 13.3. The Morgan fingerprint density at radius 1 is 1.28 bits per heavy atom. The van der Waals surface area contributed by atoms with Gasteiger partial charge in [-0.15, -0.1) is 17.4 Å². The summed E-state index contributed by atoms with van der Waals surface area (Å²) < 4.78 is 0. The zero-order chi connectivity index (χ0) is 12.8. The van der Waals surface area contributed by atoms with Crippen LogP contribution in [0.25, 0.3) is 0 Å². The largest absolute Gasteiger partial charge is 0.406 e. The summed E-state index contributed by atoms with van der Waals surface area (Å²) in [5, 5.41) is 2.76. The zero-order valence-electron chi connectivity index (χ0n) is 10.5. The van der Waals surface area contributed by atoms with E-state index in [1.54, 1.807) is 0 Å². The molecular formula is C15H18ClNO. The van der Waals surface area contributed by atoms with Crippen molar-refractivity contribution >= 4 is 11.6 Å². The van der Waals surface area contributed by atoms with Crippen LogP contribution in [0.4, 0.5) is 0 Å². The molecule has 0 aromatic heterocycles. The van der Waals surface area contributed by atoms with Gasteiger partial charge in [-0.3, -0.25) is 0 Å². The molecule has 0 spiro atoms. The third-order valence-corrected chi connectivity index (χ3v) is 3.34. The van der Waals surface area contributed by atoms with Crippen LogP contribution >= 0.6 is 11.6 Å². The molecule has 1 aromatic rings. The second-order valence-corrected chi connectivity index (χ2v) is 4.97. The summed E-state index contributed by atoms with van der Waals surface area (Å²) in [6.07, 6.45) is 10.5. The van der Waals surface area contributed by atoms with Crippen molar-refractivity contribution in [3.8, 4) is 18.1 Å². The molecule has 2 nitrogen and oxygen atoms in total. The van der Waals surface area contributed by atoms with Gasteiger partial charge in [-0.1, -0.05) is 18.0 Å². The van der Waals surface area contributed by atoms with Crippen molar-refractivity contribution in [3.05, 3.63) is 28.8 Å². The highest BCUT2D eigenvalue weighted by atomic mass is 35.5. The highest BCUT2D eigenvalue weighted by Gasteiger charge is 2.13. The second-order valence-electron chi connectivity index (χ2n) is 4.54. The Bertz CT molecular complexity index is 433. The molecule has 1 heterocycles. The molecule has 0 atom stereocenters. The molecule has 1 aliphatic heterocycles. The fourth-order valence-electron chi connectivity index (χ4n) is 2.13. The minimum Gasteiger partial charge on any atom is -0.406 e. The number of rotatable bonds is 4. The first-order chi connectivity index (χ1) is 8.79. The topological polar surface area (TPSA) is 12.5 Å². The standard InChI is InChI=1S/C15H18ClNO/c1-2-3-7-13-12-14(16)8-9-15(13)18-17-10-5-4-6-11-17/h1,8-9,12H,3-7,10-11H2. The van der Waals surface area contributed by atoms with E-state index in [0.29, 0.717) is 6.42 Å². The Morgan fingerprint density at radius 3 is 2.78 bits per heavy atom. The summed E-state index contributed by atoms with van der Waals surface area (Å²) in [5.41, 5.74) is 1.09. The third kappa shape index (κ3) is 3.66. The van der Waals surface area contributed by atoms with Gasteiger partial charge in [0.15, 0.2) is 5.75 Å². The number of aryl methyl sites for hydroxylation is 1. The lowest BCUT2D eigenvalue weighted by atomic mass is 10.1. The number of piperidine rings is 1. The molecular weight excluding hydrogens is 246 g/mol. The molecule has 0 radical (unpaired) electrons. The Morgan fingerprint density at radius 2 is 2.06 bits per heavy atom.